The Balaban J connectivity index is 1.99. The van der Waals surface area contributed by atoms with Crippen LogP contribution in [0.4, 0.5) is 5.69 Å². The summed E-state index contributed by atoms with van der Waals surface area (Å²) in [6, 6.07) is 13.1. The number of carbonyl (C=O) groups excluding carboxylic acids is 2. The number of benzene rings is 2. The van der Waals surface area contributed by atoms with Gasteiger partial charge in [0.2, 0.25) is 0 Å². The highest BCUT2D eigenvalue weighted by Crippen LogP contribution is 2.15. The van der Waals surface area contributed by atoms with E-state index in [0.717, 1.165) is 5.56 Å². The van der Waals surface area contributed by atoms with Crippen LogP contribution in [-0.2, 0) is 9.53 Å². The molecular formula is C17H17NO4. The Morgan fingerprint density at radius 1 is 1.14 bits per heavy atom. The number of nitrogens with one attached hydrogen (secondary N) is 1. The van der Waals surface area contributed by atoms with Crippen LogP contribution in [0.3, 0.4) is 0 Å². The van der Waals surface area contributed by atoms with E-state index in [4.69, 9.17) is 4.74 Å². The number of para-hydroxylation sites is 1. The first-order valence-corrected chi connectivity index (χ1v) is 6.84. The van der Waals surface area contributed by atoms with Gasteiger partial charge < -0.3 is 15.2 Å². The smallest absolute Gasteiger partial charge is 0.339 e. The molecule has 2 N–H and O–H groups in total. The van der Waals surface area contributed by atoms with Crippen LogP contribution in [0.15, 0.2) is 48.5 Å². The Morgan fingerprint density at radius 3 is 2.55 bits per heavy atom. The van der Waals surface area contributed by atoms with Gasteiger partial charge in [-0.25, -0.2) is 4.79 Å². The maximum Gasteiger partial charge on any atom is 0.339 e. The quantitative estimate of drug-likeness (QED) is 0.851. The topological polar surface area (TPSA) is 75.6 Å². The Labute approximate surface area is 128 Å². The van der Waals surface area contributed by atoms with Crippen LogP contribution in [-0.4, -0.2) is 23.1 Å². The molecule has 5 nitrogen and oxygen atoms in total. The number of phenolic OH excluding ortho intramolecular Hbond substituents is 1. The lowest BCUT2D eigenvalue weighted by Crippen LogP contribution is -2.30. The lowest BCUT2D eigenvalue weighted by molar-refractivity contribution is -0.123. The molecule has 0 radical (unpaired) electrons. The van der Waals surface area contributed by atoms with Crippen LogP contribution in [0.25, 0.3) is 0 Å². The predicted octanol–water partition coefficient (Wildman–Crippen LogP) is 2.88. The third-order valence-electron chi connectivity index (χ3n) is 3.14. The maximum absolute atomic E-state index is 12.1. The Bertz CT molecular complexity index is 697. The lowest BCUT2D eigenvalue weighted by Gasteiger charge is -2.14. The van der Waals surface area contributed by atoms with Crippen molar-refractivity contribution in [2.24, 2.45) is 0 Å². The summed E-state index contributed by atoms with van der Waals surface area (Å²) in [5, 5.41) is 12.1. The zero-order valence-corrected chi connectivity index (χ0v) is 12.4. The second-order valence-electron chi connectivity index (χ2n) is 4.90. The number of amides is 1. The SMILES string of the molecule is Cc1ccccc1NC(=O)C(C)OC(=O)c1cccc(O)c1. The first-order chi connectivity index (χ1) is 10.5. The second kappa shape index (κ2) is 6.76. The summed E-state index contributed by atoms with van der Waals surface area (Å²) in [5.41, 5.74) is 1.78. The number of ether oxygens (including phenoxy) is 1. The van der Waals surface area contributed by atoms with Crippen molar-refractivity contribution in [3.05, 3.63) is 59.7 Å². The maximum atomic E-state index is 12.1. The molecule has 0 aliphatic heterocycles. The lowest BCUT2D eigenvalue weighted by atomic mass is 10.2. The molecule has 1 amide bonds. The van der Waals surface area contributed by atoms with E-state index in [9.17, 15) is 14.7 Å². The average Bonchev–Trinajstić information content (AvgIpc) is 2.49. The fourth-order valence-electron chi connectivity index (χ4n) is 1.86. The second-order valence-corrected chi connectivity index (χ2v) is 4.90. The number of anilines is 1. The molecule has 5 heteroatoms. The largest absolute Gasteiger partial charge is 0.508 e. The molecule has 0 saturated carbocycles. The van der Waals surface area contributed by atoms with Crippen molar-refractivity contribution in [2.45, 2.75) is 20.0 Å². The molecule has 114 valence electrons. The van der Waals surface area contributed by atoms with Crippen molar-refractivity contribution >= 4 is 17.6 Å². The van der Waals surface area contributed by atoms with Crippen LogP contribution >= 0.6 is 0 Å². The number of rotatable bonds is 4. The normalized spacial score (nSPS) is 11.5. The van der Waals surface area contributed by atoms with E-state index in [-0.39, 0.29) is 11.3 Å². The highest BCUT2D eigenvalue weighted by atomic mass is 16.5. The highest BCUT2D eigenvalue weighted by Gasteiger charge is 2.19. The van der Waals surface area contributed by atoms with Gasteiger partial charge in [-0.05, 0) is 43.7 Å². The molecule has 0 bridgehead atoms. The van der Waals surface area contributed by atoms with Crippen molar-refractivity contribution in [2.75, 3.05) is 5.32 Å². The van der Waals surface area contributed by atoms with Gasteiger partial charge in [-0.2, -0.15) is 0 Å². The van der Waals surface area contributed by atoms with Gasteiger partial charge in [-0.3, -0.25) is 4.79 Å². The first-order valence-electron chi connectivity index (χ1n) is 6.84. The van der Waals surface area contributed by atoms with Gasteiger partial charge >= 0.3 is 5.97 Å². The van der Waals surface area contributed by atoms with Crippen molar-refractivity contribution in [1.29, 1.82) is 0 Å². The van der Waals surface area contributed by atoms with Crippen LogP contribution < -0.4 is 5.32 Å². The zero-order chi connectivity index (χ0) is 16.1. The summed E-state index contributed by atoms with van der Waals surface area (Å²) >= 11 is 0. The van der Waals surface area contributed by atoms with Gasteiger partial charge in [-0.1, -0.05) is 24.3 Å². The van der Waals surface area contributed by atoms with Crippen LogP contribution in [0, 0.1) is 6.92 Å². The number of hydrogen-bond acceptors (Lipinski definition) is 4. The molecule has 0 aromatic heterocycles. The van der Waals surface area contributed by atoms with E-state index in [2.05, 4.69) is 5.32 Å². The number of aromatic hydroxyl groups is 1. The van der Waals surface area contributed by atoms with E-state index >= 15 is 0 Å². The Hall–Kier alpha value is -2.82. The molecule has 22 heavy (non-hydrogen) atoms. The first kappa shape index (κ1) is 15.6. The fourth-order valence-corrected chi connectivity index (χ4v) is 1.86. The summed E-state index contributed by atoms with van der Waals surface area (Å²) in [7, 11) is 0. The number of hydrogen-bond donors (Lipinski definition) is 2. The highest BCUT2D eigenvalue weighted by molar-refractivity contribution is 5.97. The molecule has 2 aromatic rings. The summed E-state index contributed by atoms with van der Waals surface area (Å²) in [6.07, 6.45) is -0.950. The summed E-state index contributed by atoms with van der Waals surface area (Å²) < 4.78 is 5.10. The molecule has 1 atom stereocenters. The molecule has 0 saturated heterocycles. The van der Waals surface area contributed by atoms with E-state index in [1.54, 1.807) is 6.07 Å². The number of aryl methyl sites for hydroxylation is 1. The molecule has 2 aromatic carbocycles. The summed E-state index contributed by atoms with van der Waals surface area (Å²) in [5.74, 6) is -1.11. The molecule has 1 unspecified atom stereocenters. The van der Waals surface area contributed by atoms with Crippen LogP contribution in [0.2, 0.25) is 0 Å². The summed E-state index contributed by atoms with van der Waals surface area (Å²) in [6.45, 7) is 3.37. The molecule has 0 fully saturated rings. The third-order valence-corrected chi connectivity index (χ3v) is 3.14. The minimum absolute atomic E-state index is 0.0357. The minimum atomic E-state index is -0.950. The zero-order valence-electron chi connectivity index (χ0n) is 12.4. The number of esters is 1. The van der Waals surface area contributed by atoms with E-state index < -0.39 is 18.0 Å². The van der Waals surface area contributed by atoms with Crippen molar-refractivity contribution in [1.82, 2.24) is 0 Å². The predicted molar refractivity (Wildman–Crippen MR) is 82.8 cm³/mol. The third kappa shape index (κ3) is 3.85. The van der Waals surface area contributed by atoms with E-state index in [1.807, 2.05) is 25.1 Å². The summed E-state index contributed by atoms with van der Waals surface area (Å²) in [4.78, 5) is 24.0. The molecular weight excluding hydrogens is 282 g/mol. The molecule has 0 aliphatic rings. The van der Waals surface area contributed by atoms with Crippen molar-refractivity contribution < 1.29 is 19.4 Å². The van der Waals surface area contributed by atoms with Crippen molar-refractivity contribution in [3.63, 3.8) is 0 Å². The van der Waals surface area contributed by atoms with Gasteiger partial charge in [0.05, 0.1) is 5.56 Å². The monoisotopic (exact) mass is 299 g/mol. The van der Waals surface area contributed by atoms with Gasteiger partial charge in [-0.15, -0.1) is 0 Å². The Kier molecular flexibility index (Phi) is 4.78. The Morgan fingerprint density at radius 2 is 1.86 bits per heavy atom. The van der Waals surface area contributed by atoms with Gasteiger partial charge in [0.15, 0.2) is 6.10 Å². The van der Waals surface area contributed by atoms with Gasteiger partial charge in [0, 0.05) is 5.69 Å². The van der Waals surface area contributed by atoms with Crippen molar-refractivity contribution in [3.8, 4) is 5.75 Å². The number of carbonyl (C=O) groups is 2. The molecule has 0 spiro atoms. The number of phenols is 1. The minimum Gasteiger partial charge on any atom is -0.508 e. The average molecular weight is 299 g/mol. The standard InChI is InChI=1S/C17H17NO4/c1-11-6-3-4-9-15(11)18-16(20)12(2)22-17(21)13-7-5-8-14(19)10-13/h3-10,12,19H,1-2H3,(H,18,20). The molecule has 0 aliphatic carbocycles. The molecule has 0 heterocycles. The fraction of sp³-hybridized carbons (Fsp3) is 0.176. The van der Waals surface area contributed by atoms with Crippen LogP contribution in [0.5, 0.6) is 5.75 Å². The van der Waals surface area contributed by atoms with Crippen LogP contribution in [0.1, 0.15) is 22.8 Å². The van der Waals surface area contributed by atoms with Gasteiger partial charge in [0.1, 0.15) is 5.75 Å². The van der Waals surface area contributed by atoms with E-state index in [1.165, 1.54) is 31.2 Å². The molecule has 2 rings (SSSR count). The van der Waals surface area contributed by atoms with Gasteiger partial charge in [0.25, 0.3) is 5.91 Å². The van der Waals surface area contributed by atoms with E-state index in [0.29, 0.717) is 5.69 Å².